The number of aliphatic imine (C=N–C) groups is 1. The molecule has 3 aromatic rings. The molecule has 0 unspecified atom stereocenters. The van der Waals surface area contributed by atoms with E-state index in [2.05, 4.69) is 57.8 Å². The molecule has 1 aromatic heterocycles. The Morgan fingerprint density at radius 1 is 0.625 bits per heavy atom. The number of nitrogens with one attached hydrogen (secondary N) is 10. The maximum Gasteiger partial charge on any atom is 0.326 e. The SMILES string of the molecule is CC[C@H](C)[C@H](NC(=O)[C@H](CCC(N)=O)NC(=O)CNC(=O)[C@H](CC(=O)O)NC(=O)[C@@H](N)CCCN=C(N)N)C(=O)N[C@@H](CC(C)C)C(=O)N[C@@H](CO)C(=O)N[C@H](C(=O)N[C@@H](Cc1c[nH]c2ccccc12)C(=O)N[C@@H](Cc1ccc(O)cc1)C(=O)O)[C@@H](C)O. The number of aliphatic hydroxyl groups is 2. The number of hydrogen-bond acceptors (Lipinski definition) is 17. The number of aliphatic carboxylic acids is 2. The van der Waals surface area contributed by atoms with Crippen LogP contribution in [0.15, 0.2) is 59.7 Å². The summed E-state index contributed by atoms with van der Waals surface area (Å²) < 4.78 is 0. The molecule has 0 saturated heterocycles. The molecule has 32 nitrogen and oxygen atoms in total. The zero-order valence-electron chi connectivity index (χ0n) is 49.5. The number of carbonyl (C=O) groups is 12. The number of carbonyl (C=O) groups excluding carboxylic acids is 10. The van der Waals surface area contributed by atoms with E-state index in [0.29, 0.717) is 22.0 Å². The Bertz CT molecular complexity index is 2950. The molecule has 1 heterocycles. The minimum atomic E-state index is -1.87. The van der Waals surface area contributed by atoms with Crippen molar-refractivity contribution in [3.8, 4) is 5.75 Å². The van der Waals surface area contributed by atoms with Crippen LogP contribution in [0.1, 0.15) is 90.7 Å². The second-order valence-corrected chi connectivity index (χ2v) is 21.5. The number of aromatic amines is 1. The van der Waals surface area contributed by atoms with Gasteiger partial charge in [-0.2, -0.15) is 0 Å². The molecule has 3 rings (SSSR count). The van der Waals surface area contributed by atoms with E-state index in [1.54, 1.807) is 58.2 Å². The Morgan fingerprint density at radius 2 is 1.19 bits per heavy atom. The Balaban J connectivity index is 1.79. The smallest absolute Gasteiger partial charge is 0.326 e. The number of H-pyrrole nitrogens is 1. The van der Waals surface area contributed by atoms with Crippen molar-refractivity contribution in [2.24, 2.45) is 39.8 Å². The summed E-state index contributed by atoms with van der Waals surface area (Å²) >= 11 is 0. The molecule has 484 valence electrons. The highest BCUT2D eigenvalue weighted by molar-refractivity contribution is 5.99. The molecule has 0 aliphatic carbocycles. The largest absolute Gasteiger partial charge is 0.508 e. The predicted molar refractivity (Wildman–Crippen MR) is 316 cm³/mol. The molecule has 0 radical (unpaired) electrons. The zero-order chi connectivity index (χ0) is 65.9. The number of aliphatic hydroxyl groups excluding tert-OH is 2. The molecular weight excluding hydrogens is 1150 g/mol. The van der Waals surface area contributed by atoms with Gasteiger partial charge in [0, 0.05) is 42.9 Å². The van der Waals surface area contributed by atoms with Gasteiger partial charge in [-0.25, -0.2) is 4.79 Å². The van der Waals surface area contributed by atoms with Crippen LogP contribution >= 0.6 is 0 Å². The van der Waals surface area contributed by atoms with Gasteiger partial charge in [-0.1, -0.05) is 64.4 Å². The molecule has 2 aromatic carbocycles. The minimum Gasteiger partial charge on any atom is -0.508 e. The Kier molecular flexibility index (Phi) is 29.7. The minimum absolute atomic E-state index is 0.0499. The third-order valence-corrected chi connectivity index (χ3v) is 13.8. The van der Waals surface area contributed by atoms with Crippen LogP contribution in [0.2, 0.25) is 0 Å². The van der Waals surface area contributed by atoms with Gasteiger partial charge in [0.1, 0.15) is 54.1 Å². The number of hydrogen-bond donors (Lipinski definition) is 19. The second kappa shape index (κ2) is 35.9. The standard InChI is InChI=1S/C56H83N15O17/c1-6-28(4)45(70-49(81)36(17-18-42(58)75)64-43(76)25-63-48(80)39(23-44(77)78)65-47(79)34(57)11-9-19-61-56(59)60)53(85)66-37(20-27(2)3)50(82)69-41(26-72)52(84)71-46(29(5)73)54(86)67-38(22-31-24-62-35-12-8-7-10-33(31)35)51(83)68-40(55(87)88)21-30-13-15-32(74)16-14-30/h7-8,10,12-16,24,27-29,34,36-41,45-46,62,72-74H,6,9,11,17-23,25-26,57H2,1-5H3,(H2,58,75)(H,63,80)(H,64,76)(H,65,79)(H,66,85)(H,67,86)(H,68,83)(H,69,82)(H,70,81)(H,71,84)(H,77,78)(H,87,88)(H4,59,60,61)/t28-,29+,34-,36-,37-,38-,39-,40-,41-,45-,46-/m0/s1. The molecule has 0 aliphatic heterocycles. The van der Waals surface area contributed by atoms with Gasteiger partial charge in [0.2, 0.25) is 59.1 Å². The molecule has 23 N–H and O–H groups in total. The number of amides is 10. The van der Waals surface area contributed by atoms with Crippen molar-refractivity contribution in [1.29, 1.82) is 0 Å². The van der Waals surface area contributed by atoms with Gasteiger partial charge in [0.15, 0.2) is 5.96 Å². The van der Waals surface area contributed by atoms with Crippen LogP contribution in [0, 0.1) is 11.8 Å². The molecule has 0 spiro atoms. The number of primary amides is 1. The van der Waals surface area contributed by atoms with E-state index in [-0.39, 0.29) is 62.7 Å². The first kappa shape index (κ1) is 72.8. The number of carboxylic acids is 2. The van der Waals surface area contributed by atoms with Crippen molar-refractivity contribution < 1.29 is 83.1 Å². The van der Waals surface area contributed by atoms with Gasteiger partial charge in [-0.3, -0.25) is 57.7 Å². The quantitative estimate of drug-likeness (QED) is 0.0146. The van der Waals surface area contributed by atoms with Crippen LogP contribution in [-0.2, 0) is 70.4 Å². The lowest BCUT2D eigenvalue weighted by Crippen LogP contribution is -2.62. The summed E-state index contributed by atoms with van der Waals surface area (Å²) in [4.78, 5) is 166. The Labute approximate surface area is 506 Å². The number of aromatic hydroxyl groups is 1. The normalized spacial score (nSPS) is 14.9. The van der Waals surface area contributed by atoms with E-state index in [4.69, 9.17) is 22.9 Å². The van der Waals surface area contributed by atoms with E-state index in [1.165, 1.54) is 24.3 Å². The zero-order valence-corrected chi connectivity index (χ0v) is 49.5. The maximum absolute atomic E-state index is 14.2. The summed E-state index contributed by atoms with van der Waals surface area (Å²) in [6.45, 7) is 5.92. The van der Waals surface area contributed by atoms with Gasteiger partial charge in [0.05, 0.1) is 31.7 Å². The topological polar surface area (TPSA) is 546 Å². The van der Waals surface area contributed by atoms with Crippen molar-refractivity contribution in [3.05, 3.63) is 65.9 Å². The number of fused-ring (bicyclic) bond motifs is 1. The van der Waals surface area contributed by atoms with Crippen LogP contribution in [0.25, 0.3) is 10.9 Å². The number of phenols is 1. The number of nitrogens with two attached hydrogens (primary N) is 4. The average Bonchev–Trinajstić information content (AvgIpc) is 4.09. The van der Waals surface area contributed by atoms with Crippen molar-refractivity contribution in [1.82, 2.24) is 52.8 Å². The molecule has 0 bridgehead atoms. The number of benzene rings is 2. The number of guanidine groups is 1. The van der Waals surface area contributed by atoms with Gasteiger partial charge >= 0.3 is 11.9 Å². The third-order valence-electron chi connectivity index (χ3n) is 13.8. The van der Waals surface area contributed by atoms with Crippen LogP contribution in [0.3, 0.4) is 0 Å². The fraction of sp³-hybridized carbons (Fsp3) is 0.518. The monoisotopic (exact) mass is 1240 g/mol. The average molecular weight is 1240 g/mol. The number of phenolic OH excluding ortho intramolecular Hbond substituents is 1. The van der Waals surface area contributed by atoms with Crippen LogP contribution in [0.4, 0.5) is 0 Å². The summed E-state index contributed by atoms with van der Waals surface area (Å²) in [6.07, 6.45) is -1.92. The van der Waals surface area contributed by atoms with Crippen molar-refractivity contribution in [2.45, 2.75) is 153 Å². The summed E-state index contributed by atoms with van der Waals surface area (Å²) in [6, 6.07) is -1.63. The van der Waals surface area contributed by atoms with Crippen molar-refractivity contribution in [2.75, 3.05) is 19.7 Å². The molecule has 0 saturated carbocycles. The van der Waals surface area contributed by atoms with Crippen LogP contribution in [0.5, 0.6) is 5.75 Å². The number of carboxylic acid groups (broad SMARTS) is 2. The van der Waals surface area contributed by atoms with Gasteiger partial charge < -0.3 is 101 Å². The summed E-state index contributed by atoms with van der Waals surface area (Å²) in [5, 5.41) is 72.6. The lowest BCUT2D eigenvalue weighted by Gasteiger charge is -2.30. The third kappa shape index (κ3) is 24.5. The van der Waals surface area contributed by atoms with Crippen molar-refractivity contribution in [3.63, 3.8) is 0 Å². The maximum atomic E-state index is 14.2. The fourth-order valence-electron chi connectivity index (χ4n) is 8.78. The number of rotatable bonds is 38. The summed E-state index contributed by atoms with van der Waals surface area (Å²) in [5.74, 6) is -14.4. The van der Waals surface area contributed by atoms with Gasteiger partial charge in [-0.05, 0) is 73.8 Å². The van der Waals surface area contributed by atoms with E-state index >= 15 is 0 Å². The van der Waals surface area contributed by atoms with Crippen molar-refractivity contribution >= 4 is 87.9 Å². The van der Waals surface area contributed by atoms with Gasteiger partial charge in [-0.15, -0.1) is 0 Å². The second-order valence-electron chi connectivity index (χ2n) is 21.5. The lowest BCUT2D eigenvalue weighted by molar-refractivity contribution is -0.142. The van der Waals surface area contributed by atoms with Gasteiger partial charge in [0.25, 0.3) is 0 Å². The molecule has 88 heavy (non-hydrogen) atoms. The van der Waals surface area contributed by atoms with E-state index in [9.17, 15) is 83.1 Å². The number of nitrogens with zero attached hydrogens (tertiary/aromatic N) is 1. The first-order chi connectivity index (χ1) is 41.4. The Hall–Kier alpha value is -9.43. The molecule has 0 aliphatic rings. The highest BCUT2D eigenvalue weighted by atomic mass is 16.4. The Morgan fingerprint density at radius 3 is 1.78 bits per heavy atom. The van der Waals surface area contributed by atoms with Crippen LogP contribution in [-0.4, -0.2) is 188 Å². The van der Waals surface area contributed by atoms with Crippen LogP contribution < -0.4 is 70.8 Å². The molecule has 10 amide bonds. The molecule has 11 atom stereocenters. The first-order valence-corrected chi connectivity index (χ1v) is 28.3. The highest BCUT2D eigenvalue weighted by Crippen LogP contribution is 2.20. The highest BCUT2D eigenvalue weighted by Gasteiger charge is 2.37. The molecule has 32 heteroatoms. The van der Waals surface area contributed by atoms with E-state index < -0.39 is 170 Å². The number of aromatic nitrogens is 1. The summed E-state index contributed by atoms with van der Waals surface area (Å²) in [5.41, 5.74) is 23.4. The predicted octanol–water partition coefficient (Wildman–Crippen LogP) is -4.68. The summed E-state index contributed by atoms with van der Waals surface area (Å²) in [7, 11) is 0. The lowest BCUT2D eigenvalue weighted by atomic mass is 9.96. The molecule has 0 fully saturated rings. The first-order valence-electron chi connectivity index (χ1n) is 28.3. The fourth-order valence-corrected chi connectivity index (χ4v) is 8.78. The van der Waals surface area contributed by atoms with E-state index in [0.717, 1.165) is 6.92 Å². The number of para-hydroxylation sites is 1. The molecular formula is C56H83N15O17. The van der Waals surface area contributed by atoms with E-state index in [1.807, 2.05) is 0 Å².